The largest absolute Gasteiger partial charge is 2.00 e. The molecule has 0 atom stereocenters. The summed E-state index contributed by atoms with van der Waals surface area (Å²) in [4.78, 5) is 0.905. The van der Waals surface area contributed by atoms with E-state index in [1.165, 1.54) is 0 Å². The second kappa shape index (κ2) is 15.3. The van der Waals surface area contributed by atoms with Crippen LogP contribution < -0.4 is 31.3 Å². The topological polar surface area (TPSA) is 0 Å². The van der Waals surface area contributed by atoms with Crippen LogP contribution >= 0.6 is 0 Å². The molecule has 0 saturated heterocycles. The van der Waals surface area contributed by atoms with Gasteiger partial charge < -0.3 is 25.0 Å². The fraction of sp³-hybridized carbons (Fsp3) is 0. The minimum absolute atomic E-state index is 0. The molecule has 16 heavy (non-hydrogen) atoms. The fourth-order valence-corrected chi connectivity index (χ4v) is 0.920. The van der Waals surface area contributed by atoms with Gasteiger partial charge in [-0.3, -0.25) is 0 Å². The van der Waals surface area contributed by atoms with E-state index in [1.807, 2.05) is 60.7 Å². The van der Waals surface area contributed by atoms with Crippen molar-refractivity contribution >= 4 is 35.7 Å². The minimum Gasteiger partial charge on any atom is -1.00 e. The summed E-state index contributed by atoms with van der Waals surface area (Å²) in [6.45, 7) is 0. The molecule has 0 aliphatic carbocycles. The van der Waals surface area contributed by atoms with Crippen molar-refractivity contribution in [2.24, 2.45) is 0 Å². The van der Waals surface area contributed by atoms with Crippen molar-refractivity contribution in [2.45, 2.75) is 4.90 Å². The van der Waals surface area contributed by atoms with Crippen LogP contribution in [0, 0.1) is 6.07 Å². The Morgan fingerprint density at radius 3 is 1.44 bits per heavy atom. The fourth-order valence-electron chi connectivity index (χ4n) is 0.762. The molecule has 0 N–H and O–H groups in total. The Labute approximate surface area is 137 Å². The molecule has 0 unspecified atom stereocenters. The van der Waals surface area contributed by atoms with Gasteiger partial charge in [-0.1, -0.05) is 30.3 Å². The second-order valence-electron chi connectivity index (χ2n) is 2.39. The third-order valence-electron chi connectivity index (χ3n) is 1.35. The first-order valence-corrected chi connectivity index (χ1v) is 4.43. The van der Waals surface area contributed by atoms with Gasteiger partial charge in [-0.15, -0.1) is 0 Å². The van der Waals surface area contributed by atoms with Gasteiger partial charge in [-0.25, -0.2) is 0 Å². The first-order valence-electron chi connectivity index (χ1n) is 4.03. The summed E-state index contributed by atoms with van der Waals surface area (Å²) in [6.07, 6.45) is 0. The quantitative estimate of drug-likeness (QED) is 0.269. The van der Waals surface area contributed by atoms with Gasteiger partial charge in [0.1, 0.15) is 0 Å². The molecule has 2 rings (SSSR count). The molecule has 2 aromatic carbocycles. The third-order valence-corrected chi connectivity index (χ3v) is 1.62. The van der Waals surface area contributed by atoms with Crippen molar-refractivity contribution < 1.29 is 31.3 Å². The van der Waals surface area contributed by atoms with E-state index in [9.17, 15) is 0 Å². The summed E-state index contributed by atoms with van der Waals surface area (Å²) in [6, 6.07) is 22.1. The van der Waals surface area contributed by atoms with Crippen molar-refractivity contribution in [3.63, 3.8) is 0 Å². The Balaban J connectivity index is -0.000000179. The zero-order valence-electron chi connectivity index (χ0n) is 9.27. The van der Waals surface area contributed by atoms with E-state index in [0.29, 0.717) is 0 Å². The van der Waals surface area contributed by atoms with Crippen molar-refractivity contribution in [2.75, 3.05) is 0 Å². The number of hydrogen-bond donors (Lipinski definition) is 0. The van der Waals surface area contributed by atoms with Gasteiger partial charge in [-0.05, 0) is 0 Å². The summed E-state index contributed by atoms with van der Waals surface area (Å²) in [7, 11) is 0. The van der Waals surface area contributed by atoms with Gasteiger partial charge in [0.2, 0.25) is 0 Å². The molecular formula is C12H10ClLiMgS. The second-order valence-corrected chi connectivity index (χ2v) is 2.86. The van der Waals surface area contributed by atoms with E-state index in [2.05, 4.69) is 6.07 Å². The first kappa shape index (κ1) is 21.6. The summed E-state index contributed by atoms with van der Waals surface area (Å²) >= 11 is 4.81. The maximum Gasteiger partial charge on any atom is 2.00 e. The van der Waals surface area contributed by atoms with Gasteiger partial charge in [0, 0.05) is 0 Å². The molecule has 2 aromatic rings. The molecule has 0 aliphatic rings. The van der Waals surface area contributed by atoms with Crippen molar-refractivity contribution in [3.8, 4) is 0 Å². The monoisotopic (exact) mass is 252 g/mol. The van der Waals surface area contributed by atoms with Crippen LogP contribution in [0.1, 0.15) is 0 Å². The zero-order chi connectivity index (χ0) is 9.36. The minimum atomic E-state index is 0. The van der Waals surface area contributed by atoms with Crippen LogP contribution in [0.15, 0.2) is 65.6 Å². The van der Waals surface area contributed by atoms with Crippen LogP contribution in [0.3, 0.4) is 0 Å². The molecule has 0 aliphatic heterocycles. The van der Waals surface area contributed by atoms with E-state index in [-0.39, 0.29) is 54.3 Å². The van der Waals surface area contributed by atoms with Crippen LogP contribution in [0.25, 0.3) is 0 Å². The van der Waals surface area contributed by atoms with E-state index in [0.717, 1.165) is 4.90 Å². The number of halogens is 1. The average Bonchev–Trinajstić information content (AvgIpc) is 2.22. The van der Waals surface area contributed by atoms with Crippen molar-refractivity contribution in [1.82, 2.24) is 0 Å². The summed E-state index contributed by atoms with van der Waals surface area (Å²) in [5, 5.41) is 0. The predicted molar refractivity (Wildman–Crippen MR) is 63.1 cm³/mol. The molecule has 0 bridgehead atoms. The van der Waals surface area contributed by atoms with Crippen molar-refractivity contribution in [3.05, 3.63) is 66.7 Å². The summed E-state index contributed by atoms with van der Waals surface area (Å²) in [5.41, 5.74) is 0. The molecule has 0 aromatic heterocycles. The van der Waals surface area contributed by atoms with Gasteiger partial charge in [0.15, 0.2) is 0 Å². The SMILES string of the molecule is [Cl-].[Li+].[Mg+2].[S-]c1ccccc1.[c-]1ccccc1. The van der Waals surface area contributed by atoms with E-state index < -0.39 is 0 Å². The Morgan fingerprint density at radius 1 is 0.812 bits per heavy atom. The average molecular weight is 253 g/mol. The maximum absolute atomic E-state index is 4.81. The van der Waals surface area contributed by atoms with Gasteiger partial charge in [-0.2, -0.15) is 41.3 Å². The Hall–Kier alpha value is 0.314. The van der Waals surface area contributed by atoms with Crippen LogP contribution in [0.5, 0.6) is 0 Å². The molecule has 0 spiro atoms. The maximum atomic E-state index is 4.81. The predicted octanol–water partition coefficient (Wildman–Crippen LogP) is -3.29. The molecule has 0 saturated carbocycles. The molecule has 0 radical (unpaired) electrons. The number of rotatable bonds is 0. The van der Waals surface area contributed by atoms with Gasteiger partial charge in [0.25, 0.3) is 0 Å². The van der Waals surface area contributed by atoms with Crippen LogP contribution in [0.4, 0.5) is 0 Å². The molecule has 0 heterocycles. The van der Waals surface area contributed by atoms with Crippen molar-refractivity contribution in [1.29, 1.82) is 0 Å². The zero-order valence-corrected chi connectivity index (χ0v) is 12.3. The van der Waals surface area contributed by atoms with E-state index in [4.69, 9.17) is 12.6 Å². The Kier molecular flexibility index (Phi) is 20.7. The number of benzene rings is 2. The third kappa shape index (κ3) is 12.4. The van der Waals surface area contributed by atoms with E-state index >= 15 is 0 Å². The normalized spacial score (nSPS) is 6.75. The molecule has 74 valence electrons. The van der Waals surface area contributed by atoms with Crippen LogP contribution in [-0.2, 0) is 12.6 Å². The summed E-state index contributed by atoms with van der Waals surface area (Å²) < 4.78 is 0. The molecular weight excluding hydrogens is 243 g/mol. The first-order chi connectivity index (χ1) is 6.39. The van der Waals surface area contributed by atoms with E-state index in [1.54, 1.807) is 0 Å². The molecule has 0 fully saturated rings. The van der Waals surface area contributed by atoms with Crippen LogP contribution in [0.2, 0.25) is 0 Å². The molecule has 0 amide bonds. The molecule has 0 nitrogen and oxygen atoms in total. The molecule has 4 heteroatoms. The Morgan fingerprint density at radius 2 is 1.25 bits per heavy atom. The van der Waals surface area contributed by atoms with Crippen LogP contribution in [-0.4, -0.2) is 23.1 Å². The smallest absolute Gasteiger partial charge is 1.00 e. The Bertz CT molecular complexity index is 292. The van der Waals surface area contributed by atoms with Gasteiger partial charge >= 0.3 is 41.9 Å². The van der Waals surface area contributed by atoms with Gasteiger partial charge in [0.05, 0.1) is 0 Å². The summed E-state index contributed by atoms with van der Waals surface area (Å²) in [5.74, 6) is 0. The standard InChI is InChI=1S/C6H6S.C6H5.ClH.Li.Mg/c7-6-4-2-1-3-5-6;1-2-4-6-5-3-1;;;/h1-5,7H;1-5H;1H;;/q;-1;;+1;+2/p-2. The number of hydrogen-bond acceptors (Lipinski definition) is 1.